The number of hydrogen-bond donors (Lipinski definition) is 3. The number of anilines is 1. The molecule has 4 N–H and O–H groups in total. The standard InChI is InChI=1S/C19H21ClFN7O3/c20-19-23-5-13(21)18(26-19)25-16-12-4-10(15(16)17(22)30)3-9(12)1-2-11(29)6-28-7-14(27-31)24-8-28/h5,7-10,12,15-16H,1-4,6H2,(H3,22,23,25,26,30)/p+1/t9-,10+,12-,15+,16-/m1/s1. The van der Waals surface area contributed by atoms with E-state index >= 15 is 0 Å². The second kappa shape index (κ2) is 8.66. The van der Waals surface area contributed by atoms with Crippen LogP contribution >= 0.6 is 11.6 Å². The van der Waals surface area contributed by atoms with E-state index in [0.717, 1.165) is 19.0 Å². The highest BCUT2D eigenvalue weighted by Gasteiger charge is 2.54. The van der Waals surface area contributed by atoms with Gasteiger partial charge < -0.3 is 11.1 Å². The molecule has 2 bridgehead atoms. The molecule has 0 radical (unpaired) electrons. The Morgan fingerprint density at radius 3 is 2.94 bits per heavy atom. The molecule has 5 atom stereocenters. The topological polar surface area (TPSA) is 147 Å². The minimum atomic E-state index is -0.658. The van der Waals surface area contributed by atoms with Gasteiger partial charge in [-0.15, -0.1) is 4.91 Å². The number of imidazole rings is 1. The van der Waals surface area contributed by atoms with Gasteiger partial charge in [0.2, 0.25) is 17.5 Å². The van der Waals surface area contributed by atoms with E-state index in [-0.39, 0.29) is 53.0 Å². The van der Waals surface area contributed by atoms with E-state index in [4.69, 9.17) is 17.3 Å². The lowest BCUT2D eigenvalue weighted by Crippen LogP contribution is -2.45. The molecule has 164 valence electrons. The van der Waals surface area contributed by atoms with Crippen LogP contribution in [0.4, 0.5) is 16.0 Å². The van der Waals surface area contributed by atoms with Gasteiger partial charge in [-0.2, -0.15) is 4.98 Å². The third-order valence-electron chi connectivity index (χ3n) is 6.41. The Morgan fingerprint density at radius 1 is 1.42 bits per heavy atom. The van der Waals surface area contributed by atoms with Crippen molar-refractivity contribution in [3.05, 3.63) is 34.7 Å². The van der Waals surface area contributed by atoms with Crippen LogP contribution in [0.3, 0.4) is 0 Å². The average molecular weight is 451 g/mol. The number of fused-ring (bicyclic) bond motifs is 2. The minimum Gasteiger partial charge on any atom is -0.369 e. The zero-order valence-electron chi connectivity index (χ0n) is 16.5. The number of aromatic amines is 1. The van der Waals surface area contributed by atoms with Crippen molar-refractivity contribution in [2.75, 3.05) is 5.32 Å². The molecule has 4 rings (SSSR count). The summed E-state index contributed by atoms with van der Waals surface area (Å²) in [6, 6.07) is -0.378. The van der Waals surface area contributed by atoms with E-state index in [9.17, 15) is 18.9 Å². The number of H-pyrrole nitrogens is 1. The number of rotatable bonds is 9. The van der Waals surface area contributed by atoms with Crippen LogP contribution in [0.2, 0.25) is 5.28 Å². The smallest absolute Gasteiger partial charge is 0.298 e. The molecule has 0 saturated heterocycles. The number of aromatic nitrogens is 4. The first kappa shape index (κ1) is 21.3. The summed E-state index contributed by atoms with van der Waals surface area (Å²) in [7, 11) is 0. The van der Waals surface area contributed by atoms with Crippen LogP contribution in [0, 0.1) is 34.4 Å². The maximum Gasteiger partial charge on any atom is 0.298 e. The van der Waals surface area contributed by atoms with Crippen molar-refractivity contribution in [2.45, 2.75) is 38.3 Å². The largest absolute Gasteiger partial charge is 0.369 e. The molecule has 2 heterocycles. The number of carbonyl (C=O) groups is 2. The number of amides is 1. The number of nitrogens with one attached hydrogen (secondary N) is 2. The van der Waals surface area contributed by atoms with E-state index in [2.05, 4.69) is 25.4 Å². The summed E-state index contributed by atoms with van der Waals surface area (Å²) in [4.78, 5) is 45.1. The van der Waals surface area contributed by atoms with Crippen LogP contribution in [-0.2, 0) is 16.1 Å². The Bertz CT molecular complexity index is 1020. The van der Waals surface area contributed by atoms with E-state index < -0.39 is 17.6 Å². The SMILES string of the molecule is NC(=O)[C@H]1[C@H]2C[C@@H](CCC(=O)C[n+]3c[nH]c(N=O)c3)[C@@H](C2)[C@H]1Nc1nc(Cl)ncc1F. The summed E-state index contributed by atoms with van der Waals surface area (Å²) < 4.78 is 15.7. The van der Waals surface area contributed by atoms with Gasteiger partial charge in [0.15, 0.2) is 23.6 Å². The zero-order valence-corrected chi connectivity index (χ0v) is 17.3. The number of nitroso groups, excluding NO2 is 1. The van der Waals surface area contributed by atoms with Gasteiger partial charge in [0.1, 0.15) is 6.54 Å². The fraction of sp³-hybridized carbons (Fsp3) is 0.526. The first-order chi connectivity index (χ1) is 14.9. The number of ketones is 1. The molecule has 0 unspecified atom stereocenters. The highest BCUT2D eigenvalue weighted by Crippen LogP contribution is 2.54. The molecule has 2 aliphatic rings. The van der Waals surface area contributed by atoms with E-state index in [0.29, 0.717) is 12.8 Å². The molecule has 2 aromatic rings. The quantitative estimate of drug-likeness (QED) is 0.302. The molecule has 31 heavy (non-hydrogen) atoms. The molecule has 10 nitrogen and oxygen atoms in total. The number of primary amides is 1. The lowest BCUT2D eigenvalue weighted by Gasteiger charge is -2.35. The third-order valence-corrected chi connectivity index (χ3v) is 6.59. The number of Topliss-reactive ketones (excluding diaryl/α,β-unsaturated/α-hetero) is 1. The van der Waals surface area contributed by atoms with E-state index in [1.807, 2.05) is 0 Å². The van der Waals surface area contributed by atoms with Gasteiger partial charge >= 0.3 is 0 Å². The number of halogens is 2. The van der Waals surface area contributed by atoms with E-state index in [1.54, 1.807) is 4.57 Å². The average Bonchev–Trinajstić information content (AvgIpc) is 3.43. The van der Waals surface area contributed by atoms with Crippen molar-refractivity contribution in [3.63, 3.8) is 0 Å². The molecule has 2 saturated carbocycles. The second-order valence-corrected chi connectivity index (χ2v) is 8.56. The van der Waals surface area contributed by atoms with Gasteiger partial charge in [-0.05, 0) is 48.6 Å². The predicted octanol–water partition coefficient (Wildman–Crippen LogP) is 1.87. The van der Waals surface area contributed by atoms with Crippen molar-refractivity contribution in [2.24, 2.45) is 34.6 Å². The molecular formula is C19H22ClFN7O3+. The summed E-state index contributed by atoms with van der Waals surface area (Å²) in [6.45, 7) is 0.142. The highest BCUT2D eigenvalue weighted by atomic mass is 35.5. The predicted molar refractivity (Wildman–Crippen MR) is 107 cm³/mol. The van der Waals surface area contributed by atoms with Gasteiger partial charge in [-0.1, -0.05) is 0 Å². The Hall–Kier alpha value is -2.95. The van der Waals surface area contributed by atoms with Crippen LogP contribution in [0.1, 0.15) is 25.7 Å². The minimum absolute atomic E-state index is 0.0220. The van der Waals surface area contributed by atoms with Crippen molar-refractivity contribution in [1.82, 2.24) is 15.0 Å². The molecule has 2 aliphatic carbocycles. The van der Waals surface area contributed by atoms with Gasteiger partial charge in [-0.3, -0.25) is 9.59 Å². The maximum atomic E-state index is 14.1. The Balaban J connectivity index is 1.41. The maximum absolute atomic E-state index is 14.1. The summed E-state index contributed by atoms with van der Waals surface area (Å²) in [6.07, 6.45) is 6.56. The first-order valence-corrected chi connectivity index (χ1v) is 10.4. The zero-order chi connectivity index (χ0) is 22.1. The Kier molecular flexibility index (Phi) is 5.94. The summed E-state index contributed by atoms with van der Waals surface area (Å²) in [5, 5.41) is 5.72. The van der Waals surface area contributed by atoms with Crippen LogP contribution in [0.25, 0.3) is 0 Å². The normalized spacial score (nSPS) is 26.7. The number of nitrogens with zero attached hydrogens (tertiary/aromatic N) is 4. The molecule has 0 aliphatic heterocycles. The van der Waals surface area contributed by atoms with Gasteiger partial charge in [0.05, 0.1) is 12.1 Å². The van der Waals surface area contributed by atoms with Crippen LogP contribution < -0.4 is 15.6 Å². The van der Waals surface area contributed by atoms with Crippen molar-refractivity contribution < 1.29 is 18.5 Å². The summed E-state index contributed by atoms with van der Waals surface area (Å²) in [5.74, 6) is -1.05. The first-order valence-electron chi connectivity index (χ1n) is 10.0. The summed E-state index contributed by atoms with van der Waals surface area (Å²) >= 11 is 5.79. The lowest BCUT2D eigenvalue weighted by molar-refractivity contribution is -0.682. The Labute approximate surface area is 181 Å². The molecule has 0 aromatic carbocycles. The summed E-state index contributed by atoms with van der Waals surface area (Å²) in [5.41, 5.74) is 5.64. The molecule has 0 spiro atoms. The fourth-order valence-electron chi connectivity index (χ4n) is 5.19. The number of nitrogens with two attached hydrogens (primary N) is 1. The number of hydrogen-bond acceptors (Lipinski definition) is 7. The number of carbonyl (C=O) groups excluding carboxylic acids is 2. The molecule has 1 amide bonds. The van der Waals surface area contributed by atoms with Gasteiger partial charge in [0, 0.05) is 17.6 Å². The van der Waals surface area contributed by atoms with Gasteiger partial charge in [-0.25, -0.2) is 18.9 Å². The Morgan fingerprint density at radius 2 is 2.23 bits per heavy atom. The molecule has 12 heteroatoms. The highest BCUT2D eigenvalue weighted by molar-refractivity contribution is 6.28. The molecule has 2 fully saturated rings. The van der Waals surface area contributed by atoms with E-state index in [1.165, 1.54) is 12.5 Å². The molecular weight excluding hydrogens is 429 g/mol. The van der Waals surface area contributed by atoms with Crippen LogP contribution in [-0.4, -0.2) is 32.7 Å². The van der Waals surface area contributed by atoms with Crippen LogP contribution in [0.5, 0.6) is 0 Å². The third kappa shape index (κ3) is 4.41. The lowest BCUT2D eigenvalue weighted by atomic mass is 9.76. The van der Waals surface area contributed by atoms with Crippen LogP contribution in [0.15, 0.2) is 23.9 Å². The fourth-order valence-corrected chi connectivity index (χ4v) is 5.32. The monoisotopic (exact) mass is 450 g/mol. The van der Waals surface area contributed by atoms with Crippen molar-refractivity contribution >= 4 is 34.9 Å². The molecule has 2 aromatic heterocycles. The van der Waals surface area contributed by atoms with Crippen molar-refractivity contribution in [3.8, 4) is 0 Å². The second-order valence-electron chi connectivity index (χ2n) is 8.22. The van der Waals surface area contributed by atoms with Crippen molar-refractivity contribution in [1.29, 1.82) is 0 Å². The van der Waals surface area contributed by atoms with Gasteiger partial charge in [0.25, 0.3) is 5.82 Å².